The van der Waals surface area contributed by atoms with E-state index >= 15 is 0 Å². The molecule has 1 aliphatic carbocycles. The van der Waals surface area contributed by atoms with Crippen LogP contribution in [0.1, 0.15) is 5.56 Å². The molecule has 5 heteroatoms. The van der Waals surface area contributed by atoms with Gasteiger partial charge in [-0.05, 0) is 11.6 Å². The Morgan fingerprint density at radius 2 is 2.00 bits per heavy atom. The molecule has 4 nitrogen and oxygen atoms in total. The van der Waals surface area contributed by atoms with Gasteiger partial charge in [0.05, 0.1) is 18.7 Å². The number of allylic oxidation sites excluding steroid dienone is 1. The topological polar surface area (TPSA) is 43.2 Å². The number of benzene rings is 1. The van der Waals surface area contributed by atoms with Crippen LogP contribution in [0.2, 0.25) is 0 Å². The van der Waals surface area contributed by atoms with Gasteiger partial charge < -0.3 is 9.47 Å². The highest BCUT2D eigenvalue weighted by atomic mass is 35.5. The summed E-state index contributed by atoms with van der Waals surface area (Å²) < 4.78 is 11.2. The van der Waals surface area contributed by atoms with Crippen LogP contribution in [0.5, 0.6) is 0 Å². The van der Waals surface area contributed by atoms with Gasteiger partial charge in [-0.1, -0.05) is 41.9 Å². The molecule has 0 N–H and O–H groups in total. The van der Waals surface area contributed by atoms with E-state index in [4.69, 9.17) is 21.1 Å². The largest absolute Gasteiger partial charge is 0.493 e. The Hall–Kier alpha value is -2.07. The summed E-state index contributed by atoms with van der Waals surface area (Å²) in [6, 6.07) is 9.97. The lowest BCUT2D eigenvalue weighted by atomic mass is 9.95. The molecule has 1 aromatic rings. The van der Waals surface area contributed by atoms with Gasteiger partial charge >= 0.3 is 0 Å². The number of ether oxygens (including phenoxy) is 2. The van der Waals surface area contributed by atoms with Crippen LogP contribution in [0.15, 0.2) is 64.0 Å². The number of rotatable bonds is 4. The average molecular weight is 303 g/mol. The summed E-state index contributed by atoms with van der Waals surface area (Å²) in [5.41, 5.74) is 1.58. The molecule has 0 saturated heterocycles. The molecule has 0 bridgehead atoms. The molecule has 2 unspecified atom stereocenters. The molecule has 1 aliphatic heterocycles. The first-order valence-corrected chi connectivity index (χ1v) is 7.09. The number of nitrogens with zero attached hydrogens (tertiary/aromatic N) is 2. The number of halogens is 1. The van der Waals surface area contributed by atoms with Crippen molar-refractivity contribution in [3.8, 4) is 0 Å². The van der Waals surface area contributed by atoms with E-state index in [2.05, 4.69) is 9.98 Å². The zero-order valence-electron chi connectivity index (χ0n) is 11.6. The van der Waals surface area contributed by atoms with Gasteiger partial charge in [0.1, 0.15) is 18.4 Å². The number of hydrogen-bond acceptors (Lipinski definition) is 4. The number of fused-ring (bicyclic) bond motifs is 1. The number of hydrogen-bond donors (Lipinski definition) is 0. The standard InChI is InChI=1S/C16H15ClN2O2/c1-20-14-7-12-13(18-10-19-16(12)17)8-15(14)21-9-11-5-3-2-4-6-11/h2-8,10,12,16H,9H2,1H3. The van der Waals surface area contributed by atoms with Crippen molar-refractivity contribution in [1.82, 2.24) is 0 Å². The molecule has 21 heavy (non-hydrogen) atoms. The molecule has 0 radical (unpaired) electrons. The van der Waals surface area contributed by atoms with Crippen LogP contribution in [0.3, 0.4) is 0 Å². The Morgan fingerprint density at radius 1 is 1.19 bits per heavy atom. The van der Waals surface area contributed by atoms with Gasteiger partial charge in [-0.3, -0.25) is 4.99 Å². The summed E-state index contributed by atoms with van der Waals surface area (Å²) in [7, 11) is 1.61. The van der Waals surface area contributed by atoms with Gasteiger partial charge in [-0.2, -0.15) is 0 Å². The Kier molecular flexibility index (Phi) is 4.06. The fraction of sp³-hybridized carbons (Fsp3) is 0.250. The first kappa shape index (κ1) is 13.9. The van der Waals surface area contributed by atoms with E-state index in [9.17, 15) is 0 Å². The highest BCUT2D eigenvalue weighted by Gasteiger charge is 2.29. The highest BCUT2D eigenvalue weighted by Crippen LogP contribution is 2.29. The predicted octanol–water partition coefficient (Wildman–Crippen LogP) is 3.30. The molecule has 1 heterocycles. The van der Waals surface area contributed by atoms with Crippen LogP contribution in [0.25, 0.3) is 0 Å². The van der Waals surface area contributed by atoms with Crippen molar-refractivity contribution in [2.45, 2.75) is 12.1 Å². The van der Waals surface area contributed by atoms with Crippen molar-refractivity contribution in [2.24, 2.45) is 15.9 Å². The van der Waals surface area contributed by atoms with E-state index in [1.165, 1.54) is 6.34 Å². The van der Waals surface area contributed by atoms with E-state index in [0.717, 1.165) is 11.3 Å². The summed E-state index contributed by atoms with van der Waals surface area (Å²) in [5.74, 6) is 1.25. The van der Waals surface area contributed by atoms with Crippen LogP contribution >= 0.6 is 11.6 Å². The summed E-state index contributed by atoms with van der Waals surface area (Å²) in [6.45, 7) is 0.476. The van der Waals surface area contributed by atoms with Crippen molar-refractivity contribution in [1.29, 1.82) is 0 Å². The monoisotopic (exact) mass is 302 g/mol. The van der Waals surface area contributed by atoms with Crippen molar-refractivity contribution in [3.63, 3.8) is 0 Å². The molecule has 0 fully saturated rings. The molecule has 0 spiro atoms. The molecule has 108 valence electrons. The smallest absolute Gasteiger partial charge is 0.163 e. The Balaban J connectivity index is 1.79. The second kappa shape index (κ2) is 6.14. The number of alkyl halides is 1. The Bertz CT molecular complexity index is 635. The third-order valence-electron chi connectivity index (χ3n) is 3.36. The minimum atomic E-state index is -0.352. The van der Waals surface area contributed by atoms with Crippen LogP contribution in [0.4, 0.5) is 0 Å². The second-order valence-electron chi connectivity index (χ2n) is 4.73. The van der Waals surface area contributed by atoms with Crippen LogP contribution in [-0.4, -0.2) is 24.7 Å². The van der Waals surface area contributed by atoms with Crippen LogP contribution in [0, 0.1) is 5.92 Å². The van der Waals surface area contributed by atoms with Gasteiger partial charge in [0.2, 0.25) is 0 Å². The maximum absolute atomic E-state index is 6.18. The molecule has 1 aromatic carbocycles. The molecular weight excluding hydrogens is 288 g/mol. The summed E-state index contributed by atoms with van der Waals surface area (Å²) in [5, 5.41) is 0. The van der Waals surface area contributed by atoms with Crippen molar-refractivity contribution < 1.29 is 9.47 Å². The normalized spacial score (nSPS) is 23.6. The maximum atomic E-state index is 6.18. The lowest BCUT2D eigenvalue weighted by Crippen LogP contribution is -2.27. The van der Waals surface area contributed by atoms with E-state index in [0.29, 0.717) is 18.1 Å². The number of aliphatic imine (C=N–C) groups is 2. The van der Waals surface area contributed by atoms with Crippen LogP contribution in [-0.2, 0) is 16.1 Å². The van der Waals surface area contributed by atoms with Gasteiger partial charge in [0, 0.05) is 6.08 Å². The first-order valence-electron chi connectivity index (χ1n) is 6.66. The lowest BCUT2D eigenvalue weighted by Gasteiger charge is -2.25. The zero-order chi connectivity index (χ0) is 14.7. The van der Waals surface area contributed by atoms with E-state index in [-0.39, 0.29) is 11.4 Å². The number of methoxy groups -OCH3 is 1. The second-order valence-corrected chi connectivity index (χ2v) is 5.18. The van der Waals surface area contributed by atoms with E-state index in [1.54, 1.807) is 7.11 Å². The SMILES string of the molecule is COC1=CC2C(=NC=NC2Cl)C=C1OCc1ccccc1. The van der Waals surface area contributed by atoms with Crippen molar-refractivity contribution in [2.75, 3.05) is 7.11 Å². The van der Waals surface area contributed by atoms with Crippen molar-refractivity contribution >= 4 is 23.7 Å². The van der Waals surface area contributed by atoms with Gasteiger partial charge in [0.25, 0.3) is 0 Å². The first-order chi connectivity index (χ1) is 10.3. The third-order valence-corrected chi connectivity index (χ3v) is 3.75. The quantitative estimate of drug-likeness (QED) is 0.633. The van der Waals surface area contributed by atoms with Crippen LogP contribution < -0.4 is 0 Å². The van der Waals surface area contributed by atoms with Crippen molar-refractivity contribution in [3.05, 3.63) is 59.6 Å². The Morgan fingerprint density at radius 3 is 2.76 bits per heavy atom. The summed E-state index contributed by atoms with van der Waals surface area (Å²) in [6.07, 6.45) is 5.26. The third kappa shape index (κ3) is 3.00. The fourth-order valence-corrected chi connectivity index (χ4v) is 2.50. The molecule has 0 aromatic heterocycles. The molecule has 2 aliphatic rings. The highest BCUT2D eigenvalue weighted by molar-refractivity contribution is 6.24. The van der Waals surface area contributed by atoms with Gasteiger partial charge in [0.15, 0.2) is 11.5 Å². The molecule has 2 atom stereocenters. The van der Waals surface area contributed by atoms with E-state index in [1.807, 2.05) is 42.5 Å². The minimum Gasteiger partial charge on any atom is -0.493 e. The fourth-order valence-electron chi connectivity index (χ4n) is 2.25. The molecule has 0 saturated carbocycles. The maximum Gasteiger partial charge on any atom is 0.163 e. The molecular formula is C16H15ClN2O2. The van der Waals surface area contributed by atoms with Gasteiger partial charge in [-0.25, -0.2) is 4.99 Å². The zero-order valence-corrected chi connectivity index (χ0v) is 12.3. The molecule has 3 rings (SSSR count). The predicted molar refractivity (Wildman–Crippen MR) is 83.5 cm³/mol. The summed E-state index contributed by atoms with van der Waals surface area (Å²) in [4.78, 5) is 8.34. The average Bonchev–Trinajstić information content (AvgIpc) is 2.53. The van der Waals surface area contributed by atoms with E-state index < -0.39 is 0 Å². The van der Waals surface area contributed by atoms with Gasteiger partial charge in [-0.15, -0.1) is 0 Å². The Labute approximate surface area is 128 Å². The summed E-state index contributed by atoms with van der Waals surface area (Å²) >= 11 is 6.18. The minimum absolute atomic E-state index is 0.0734. The molecule has 0 amide bonds. The lowest BCUT2D eigenvalue weighted by molar-refractivity contribution is 0.164.